The molecule has 0 atom stereocenters. The third-order valence-corrected chi connectivity index (χ3v) is 10.0. The van der Waals surface area contributed by atoms with Crippen LogP contribution in [0.25, 0.3) is 5.69 Å². The van der Waals surface area contributed by atoms with Crippen LogP contribution >= 0.6 is 11.8 Å². The van der Waals surface area contributed by atoms with E-state index < -0.39 is 10.0 Å². The fourth-order valence-corrected chi connectivity index (χ4v) is 7.16. The SMILES string of the molecule is Cc1cccc(NC(=O)CSc2nnc(CNC(=O)c3ccc(S(=O)(=O)N4CCCC4)cc3)n2-c2cc(C)ccc2C)c1. The van der Waals surface area contributed by atoms with E-state index in [1.165, 1.54) is 40.3 Å². The molecule has 5 rings (SSSR count). The first-order valence-electron chi connectivity index (χ1n) is 14.0. The van der Waals surface area contributed by atoms with Crippen LogP contribution < -0.4 is 10.6 Å². The van der Waals surface area contributed by atoms with Crippen LogP contribution in [-0.4, -0.2) is 58.1 Å². The number of anilines is 1. The van der Waals surface area contributed by atoms with E-state index in [2.05, 4.69) is 20.8 Å². The first kappa shape index (κ1) is 30.5. The lowest BCUT2D eigenvalue weighted by atomic mass is 10.1. The van der Waals surface area contributed by atoms with Gasteiger partial charge in [-0.15, -0.1) is 10.2 Å². The summed E-state index contributed by atoms with van der Waals surface area (Å²) in [4.78, 5) is 25.9. The Morgan fingerprint density at radius 2 is 1.63 bits per heavy atom. The van der Waals surface area contributed by atoms with Gasteiger partial charge in [0.1, 0.15) is 0 Å². The first-order valence-corrected chi connectivity index (χ1v) is 16.4. The van der Waals surface area contributed by atoms with Gasteiger partial charge in [-0.2, -0.15) is 4.31 Å². The Morgan fingerprint density at radius 3 is 2.35 bits per heavy atom. The summed E-state index contributed by atoms with van der Waals surface area (Å²) in [7, 11) is -3.56. The van der Waals surface area contributed by atoms with Crippen LogP contribution in [-0.2, 0) is 21.4 Å². The first-order chi connectivity index (χ1) is 20.6. The maximum Gasteiger partial charge on any atom is 0.251 e. The lowest BCUT2D eigenvalue weighted by Gasteiger charge is -2.16. The van der Waals surface area contributed by atoms with Gasteiger partial charge in [0.05, 0.1) is 22.9 Å². The second-order valence-electron chi connectivity index (χ2n) is 10.5. The van der Waals surface area contributed by atoms with Gasteiger partial charge in [-0.3, -0.25) is 14.2 Å². The number of benzene rings is 3. The summed E-state index contributed by atoms with van der Waals surface area (Å²) in [5.74, 6) is 0.0797. The molecule has 0 aliphatic carbocycles. The Balaban J connectivity index is 1.31. The summed E-state index contributed by atoms with van der Waals surface area (Å²) in [6.45, 7) is 7.04. The highest BCUT2D eigenvalue weighted by molar-refractivity contribution is 7.99. The minimum Gasteiger partial charge on any atom is -0.345 e. The predicted molar refractivity (Wildman–Crippen MR) is 167 cm³/mol. The van der Waals surface area contributed by atoms with Crippen molar-refractivity contribution in [2.45, 2.75) is 50.2 Å². The lowest BCUT2D eigenvalue weighted by Crippen LogP contribution is -2.28. The molecule has 224 valence electrons. The van der Waals surface area contributed by atoms with Crippen molar-refractivity contribution >= 4 is 39.3 Å². The second-order valence-corrected chi connectivity index (χ2v) is 13.4. The Labute approximate surface area is 256 Å². The summed E-state index contributed by atoms with van der Waals surface area (Å²) in [5.41, 5.74) is 5.00. The molecule has 2 heterocycles. The van der Waals surface area contributed by atoms with Gasteiger partial charge in [0.15, 0.2) is 11.0 Å². The molecule has 2 N–H and O–H groups in total. The van der Waals surface area contributed by atoms with Gasteiger partial charge in [0.2, 0.25) is 15.9 Å². The highest BCUT2D eigenvalue weighted by Gasteiger charge is 2.27. The van der Waals surface area contributed by atoms with Crippen molar-refractivity contribution in [2.75, 3.05) is 24.2 Å². The third kappa shape index (κ3) is 7.15. The number of aryl methyl sites for hydroxylation is 3. The average Bonchev–Trinajstić information content (AvgIpc) is 3.67. The van der Waals surface area contributed by atoms with E-state index in [1.54, 1.807) is 0 Å². The highest BCUT2D eigenvalue weighted by Crippen LogP contribution is 2.26. The summed E-state index contributed by atoms with van der Waals surface area (Å²) >= 11 is 1.26. The summed E-state index contributed by atoms with van der Waals surface area (Å²) in [5, 5.41) is 15.0. The minimum atomic E-state index is -3.56. The molecule has 1 aliphatic rings. The second kappa shape index (κ2) is 13.1. The molecule has 0 unspecified atom stereocenters. The maximum atomic E-state index is 13.0. The zero-order valence-corrected chi connectivity index (χ0v) is 26.0. The smallest absolute Gasteiger partial charge is 0.251 e. The lowest BCUT2D eigenvalue weighted by molar-refractivity contribution is -0.113. The molecule has 1 aliphatic heterocycles. The monoisotopic (exact) mass is 618 g/mol. The largest absolute Gasteiger partial charge is 0.345 e. The van der Waals surface area contributed by atoms with Crippen LogP contribution in [0.3, 0.4) is 0 Å². The number of nitrogens with one attached hydrogen (secondary N) is 2. The molecule has 0 radical (unpaired) electrons. The van der Waals surface area contributed by atoms with Crippen LogP contribution in [0.5, 0.6) is 0 Å². The van der Waals surface area contributed by atoms with Crippen LogP contribution in [0.2, 0.25) is 0 Å². The number of carbonyl (C=O) groups excluding carboxylic acids is 2. The number of sulfonamides is 1. The summed E-state index contributed by atoms with van der Waals surface area (Å²) in [6, 6.07) is 19.6. The number of amides is 2. The third-order valence-electron chi connectivity index (χ3n) is 7.17. The number of rotatable bonds is 10. The van der Waals surface area contributed by atoms with E-state index in [0.717, 1.165) is 40.9 Å². The number of aromatic nitrogens is 3. The van der Waals surface area contributed by atoms with Gasteiger partial charge in [-0.1, -0.05) is 36.0 Å². The van der Waals surface area contributed by atoms with Gasteiger partial charge in [-0.05, 0) is 92.8 Å². The number of carbonyl (C=O) groups is 2. The number of thioether (sulfide) groups is 1. The van der Waals surface area contributed by atoms with Crippen molar-refractivity contribution in [3.63, 3.8) is 0 Å². The quantitative estimate of drug-likeness (QED) is 0.248. The van der Waals surface area contributed by atoms with E-state index in [-0.39, 0.29) is 29.0 Å². The van der Waals surface area contributed by atoms with Gasteiger partial charge in [0, 0.05) is 24.3 Å². The predicted octanol–water partition coefficient (Wildman–Crippen LogP) is 4.64. The van der Waals surface area contributed by atoms with E-state index in [0.29, 0.717) is 29.6 Å². The van der Waals surface area contributed by atoms with Crippen molar-refractivity contribution in [1.29, 1.82) is 0 Å². The normalized spacial score (nSPS) is 13.7. The van der Waals surface area contributed by atoms with Crippen LogP contribution in [0.15, 0.2) is 76.8 Å². The molecule has 10 nitrogen and oxygen atoms in total. The Hall–Kier alpha value is -4.00. The topological polar surface area (TPSA) is 126 Å². The van der Waals surface area contributed by atoms with Crippen LogP contribution in [0.1, 0.15) is 45.7 Å². The fraction of sp³-hybridized carbons (Fsp3) is 0.290. The molecule has 3 aromatic carbocycles. The van der Waals surface area contributed by atoms with Crippen molar-refractivity contribution in [2.24, 2.45) is 0 Å². The number of hydrogen-bond acceptors (Lipinski definition) is 7. The highest BCUT2D eigenvalue weighted by atomic mass is 32.2. The maximum absolute atomic E-state index is 13.0. The number of hydrogen-bond donors (Lipinski definition) is 2. The van der Waals surface area contributed by atoms with Crippen molar-refractivity contribution in [3.05, 3.63) is 94.8 Å². The molecule has 0 bridgehead atoms. The molecule has 1 saturated heterocycles. The van der Waals surface area contributed by atoms with Crippen molar-refractivity contribution in [3.8, 4) is 5.69 Å². The van der Waals surface area contributed by atoms with E-state index in [1.807, 2.05) is 67.8 Å². The Bertz CT molecular complexity index is 1750. The molecule has 2 amide bonds. The molecule has 1 fully saturated rings. The molecule has 0 saturated carbocycles. The van der Waals surface area contributed by atoms with Crippen LogP contribution in [0, 0.1) is 20.8 Å². The summed E-state index contributed by atoms with van der Waals surface area (Å²) in [6.07, 6.45) is 1.71. The van der Waals surface area contributed by atoms with Crippen LogP contribution in [0.4, 0.5) is 5.69 Å². The molecule has 43 heavy (non-hydrogen) atoms. The van der Waals surface area contributed by atoms with Gasteiger partial charge >= 0.3 is 0 Å². The zero-order chi connectivity index (χ0) is 30.6. The molecule has 0 spiro atoms. The van der Waals surface area contributed by atoms with E-state index in [9.17, 15) is 18.0 Å². The molecular weight excluding hydrogens is 585 g/mol. The minimum absolute atomic E-state index is 0.0725. The average molecular weight is 619 g/mol. The fourth-order valence-electron chi connectivity index (χ4n) is 4.88. The van der Waals surface area contributed by atoms with Gasteiger partial charge in [-0.25, -0.2) is 8.42 Å². The molecular formula is C31H34N6O4S2. The van der Waals surface area contributed by atoms with E-state index >= 15 is 0 Å². The zero-order valence-electron chi connectivity index (χ0n) is 24.3. The molecule has 4 aromatic rings. The molecule has 1 aromatic heterocycles. The Kier molecular flexibility index (Phi) is 9.28. The Morgan fingerprint density at radius 1 is 0.907 bits per heavy atom. The van der Waals surface area contributed by atoms with Crippen molar-refractivity contribution < 1.29 is 18.0 Å². The summed E-state index contributed by atoms with van der Waals surface area (Å²) < 4.78 is 29.0. The van der Waals surface area contributed by atoms with Gasteiger partial charge < -0.3 is 10.6 Å². The van der Waals surface area contributed by atoms with E-state index in [4.69, 9.17) is 0 Å². The standard InChI is InChI=1S/C31H34N6O4S2/c1-21-7-6-8-25(17-21)33-29(38)20-42-31-35-34-28(37(31)27-18-22(2)9-10-23(27)3)19-32-30(39)24-11-13-26(14-12-24)43(40,41)36-15-4-5-16-36/h6-14,17-18H,4-5,15-16,19-20H2,1-3H3,(H,32,39)(H,33,38). The van der Waals surface area contributed by atoms with Crippen molar-refractivity contribution in [1.82, 2.24) is 24.4 Å². The number of nitrogens with zero attached hydrogens (tertiary/aromatic N) is 4. The molecule has 12 heteroatoms. The van der Waals surface area contributed by atoms with Gasteiger partial charge in [0.25, 0.3) is 5.91 Å².